The highest BCUT2D eigenvalue weighted by molar-refractivity contribution is 5.78. The molecule has 5 heteroatoms. The van der Waals surface area contributed by atoms with Gasteiger partial charge in [0.25, 0.3) is 0 Å². The summed E-state index contributed by atoms with van der Waals surface area (Å²) in [7, 11) is 0. The summed E-state index contributed by atoms with van der Waals surface area (Å²) in [6.07, 6.45) is -0.585. The summed E-state index contributed by atoms with van der Waals surface area (Å²) in [6, 6.07) is 9.42. The van der Waals surface area contributed by atoms with Crippen molar-refractivity contribution < 1.29 is 14.6 Å². The van der Waals surface area contributed by atoms with E-state index < -0.39 is 6.10 Å². The molecule has 0 saturated carbocycles. The first-order chi connectivity index (χ1) is 9.27. The Morgan fingerprint density at radius 3 is 2.68 bits per heavy atom. The van der Waals surface area contributed by atoms with Crippen LogP contribution in [0, 0.1) is 0 Å². The number of morpholine rings is 1. The lowest BCUT2D eigenvalue weighted by molar-refractivity contribution is -0.134. The Balaban J connectivity index is 1.69. The maximum absolute atomic E-state index is 11.8. The number of aliphatic hydroxyl groups is 1. The van der Waals surface area contributed by atoms with Gasteiger partial charge >= 0.3 is 0 Å². The zero-order valence-electron chi connectivity index (χ0n) is 10.9. The van der Waals surface area contributed by atoms with E-state index in [2.05, 4.69) is 5.32 Å². The number of aliphatic hydroxyl groups excluding tert-OH is 1. The lowest BCUT2D eigenvalue weighted by atomic mass is 10.1. The monoisotopic (exact) mass is 264 g/mol. The molecule has 0 aromatic heterocycles. The van der Waals surface area contributed by atoms with Crippen LogP contribution in [0.25, 0.3) is 0 Å². The number of carbonyl (C=O) groups excluding carboxylic acids is 1. The van der Waals surface area contributed by atoms with Crippen LogP contribution >= 0.6 is 0 Å². The van der Waals surface area contributed by atoms with Crippen LogP contribution in [-0.4, -0.2) is 55.3 Å². The molecule has 1 atom stereocenters. The van der Waals surface area contributed by atoms with Crippen molar-refractivity contribution in [2.24, 2.45) is 0 Å². The van der Waals surface area contributed by atoms with Crippen molar-refractivity contribution in [1.82, 2.24) is 10.2 Å². The van der Waals surface area contributed by atoms with Crippen LogP contribution in [0.2, 0.25) is 0 Å². The summed E-state index contributed by atoms with van der Waals surface area (Å²) in [5.74, 6) is 0.0589. The molecular weight excluding hydrogens is 244 g/mol. The summed E-state index contributed by atoms with van der Waals surface area (Å²) in [6.45, 7) is 3.16. The highest BCUT2D eigenvalue weighted by Crippen LogP contribution is 2.10. The van der Waals surface area contributed by atoms with E-state index in [1.807, 2.05) is 30.3 Å². The molecule has 1 saturated heterocycles. The second-order valence-corrected chi connectivity index (χ2v) is 4.55. The number of hydrogen-bond acceptors (Lipinski definition) is 4. The number of rotatable bonds is 5. The number of nitrogens with zero attached hydrogens (tertiary/aromatic N) is 1. The van der Waals surface area contributed by atoms with E-state index in [0.717, 1.165) is 5.56 Å². The molecule has 1 aromatic carbocycles. The third kappa shape index (κ3) is 4.31. The number of ether oxygens (including phenoxy) is 1. The van der Waals surface area contributed by atoms with Crippen LogP contribution in [0.1, 0.15) is 11.7 Å². The Morgan fingerprint density at radius 1 is 1.32 bits per heavy atom. The van der Waals surface area contributed by atoms with E-state index in [1.54, 1.807) is 4.90 Å². The Hall–Kier alpha value is -1.43. The van der Waals surface area contributed by atoms with E-state index in [1.165, 1.54) is 0 Å². The fraction of sp³-hybridized carbons (Fsp3) is 0.500. The topological polar surface area (TPSA) is 61.8 Å². The molecule has 1 amide bonds. The quantitative estimate of drug-likeness (QED) is 0.796. The van der Waals surface area contributed by atoms with Crippen LogP contribution < -0.4 is 5.32 Å². The van der Waals surface area contributed by atoms with Crippen molar-refractivity contribution >= 4 is 5.91 Å². The molecule has 0 radical (unpaired) electrons. The first-order valence-electron chi connectivity index (χ1n) is 6.56. The van der Waals surface area contributed by atoms with Crippen LogP contribution in [0.5, 0.6) is 0 Å². The normalized spacial score (nSPS) is 17.2. The molecule has 0 aliphatic carbocycles. The van der Waals surface area contributed by atoms with E-state index >= 15 is 0 Å². The predicted molar refractivity (Wildman–Crippen MR) is 71.7 cm³/mol. The van der Waals surface area contributed by atoms with Gasteiger partial charge in [0.2, 0.25) is 5.91 Å². The maximum Gasteiger partial charge on any atom is 0.236 e. The fourth-order valence-electron chi connectivity index (χ4n) is 2.03. The van der Waals surface area contributed by atoms with Gasteiger partial charge in [0.15, 0.2) is 0 Å². The highest BCUT2D eigenvalue weighted by Gasteiger charge is 2.16. The summed E-state index contributed by atoms with van der Waals surface area (Å²) in [5.41, 5.74) is 0.855. The van der Waals surface area contributed by atoms with Gasteiger partial charge in [-0.2, -0.15) is 0 Å². The smallest absolute Gasteiger partial charge is 0.236 e. The average Bonchev–Trinajstić information content (AvgIpc) is 2.49. The molecule has 1 aromatic rings. The van der Waals surface area contributed by atoms with Crippen LogP contribution in [-0.2, 0) is 9.53 Å². The molecule has 5 nitrogen and oxygen atoms in total. The number of nitrogens with one attached hydrogen (secondary N) is 1. The Morgan fingerprint density at radius 2 is 2.00 bits per heavy atom. The van der Waals surface area contributed by atoms with Gasteiger partial charge in [-0.15, -0.1) is 0 Å². The highest BCUT2D eigenvalue weighted by atomic mass is 16.5. The van der Waals surface area contributed by atoms with Crippen molar-refractivity contribution in [3.8, 4) is 0 Å². The van der Waals surface area contributed by atoms with Crippen molar-refractivity contribution in [3.05, 3.63) is 35.9 Å². The second-order valence-electron chi connectivity index (χ2n) is 4.55. The summed E-state index contributed by atoms with van der Waals surface area (Å²) in [4.78, 5) is 13.6. The second kappa shape index (κ2) is 7.23. The molecule has 2 N–H and O–H groups in total. The SMILES string of the molecule is O=C(CNCC(O)c1ccccc1)N1CCOCC1. The van der Waals surface area contributed by atoms with Gasteiger partial charge in [0.05, 0.1) is 25.9 Å². The first-order valence-corrected chi connectivity index (χ1v) is 6.56. The molecule has 1 heterocycles. The third-order valence-corrected chi connectivity index (χ3v) is 3.16. The van der Waals surface area contributed by atoms with Crippen molar-refractivity contribution in [2.75, 3.05) is 39.4 Å². The van der Waals surface area contributed by atoms with E-state index in [-0.39, 0.29) is 12.5 Å². The number of hydrogen-bond donors (Lipinski definition) is 2. The van der Waals surface area contributed by atoms with Gasteiger partial charge in [0, 0.05) is 19.6 Å². The molecule has 0 spiro atoms. The lowest BCUT2D eigenvalue weighted by Crippen LogP contribution is -2.45. The van der Waals surface area contributed by atoms with Crippen LogP contribution in [0.4, 0.5) is 0 Å². The third-order valence-electron chi connectivity index (χ3n) is 3.16. The van der Waals surface area contributed by atoms with Gasteiger partial charge in [-0.05, 0) is 5.56 Å². The first kappa shape index (κ1) is 14.0. The van der Waals surface area contributed by atoms with E-state index in [9.17, 15) is 9.90 Å². The van der Waals surface area contributed by atoms with Gasteiger partial charge < -0.3 is 20.1 Å². The minimum atomic E-state index is -0.585. The predicted octanol–water partition coefficient (Wildman–Crippen LogP) is 0.168. The maximum atomic E-state index is 11.8. The molecule has 1 aliphatic heterocycles. The van der Waals surface area contributed by atoms with E-state index in [0.29, 0.717) is 32.8 Å². The van der Waals surface area contributed by atoms with Crippen LogP contribution in [0.3, 0.4) is 0 Å². The standard InChI is InChI=1S/C14H20N2O3/c17-13(12-4-2-1-3-5-12)10-15-11-14(18)16-6-8-19-9-7-16/h1-5,13,15,17H,6-11H2. The van der Waals surface area contributed by atoms with Crippen molar-refractivity contribution in [3.63, 3.8) is 0 Å². The Labute approximate surface area is 113 Å². The molecule has 19 heavy (non-hydrogen) atoms. The molecule has 1 aliphatic rings. The van der Waals surface area contributed by atoms with Gasteiger partial charge in [-0.25, -0.2) is 0 Å². The lowest BCUT2D eigenvalue weighted by Gasteiger charge is -2.27. The molecule has 2 rings (SSSR count). The molecule has 1 unspecified atom stereocenters. The minimum Gasteiger partial charge on any atom is -0.387 e. The van der Waals surface area contributed by atoms with Gasteiger partial charge in [0.1, 0.15) is 0 Å². The summed E-state index contributed by atoms with van der Waals surface area (Å²) < 4.78 is 5.20. The summed E-state index contributed by atoms with van der Waals surface area (Å²) in [5, 5.41) is 12.9. The molecular formula is C14H20N2O3. The largest absolute Gasteiger partial charge is 0.387 e. The number of benzene rings is 1. The van der Waals surface area contributed by atoms with Crippen molar-refractivity contribution in [1.29, 1.82) is 0 Å². The minimum absolute atomic E-state index is 0.0589. The zero-order valence-corrected chi connectivity index (χ0v) is 10.9. The average molecular weight is 264 g/mol. The van der Waals surface area contributed by atoms with Crippen molar-refractivity contribution in [2.45, 2.75) is 6.10 Å². The summed E-state index contributed by atoms with van der Waals surface area (Å²) >= 11 is 0. The zero-order chi connectivity index (χ0) is 13.5. The van der Waals surface area contributed by atoms with Gasteiger partial charge in [-0.1, -0.05) is 30.3 Å². The number of carbonyl (C=O) groups is 1. The molecule has 0 bridgehead atoms. The van der Waals surface area contributed by atoms with Crippen LogP contribution in [0.15, 0.2) is 30.3 Å². The Kier molecular flexibility index (Phi) is 5.32. The van der Waals surface area contributed by atoms with Gasteiger partial charge in [-0.3, -0.25) is 4.79 Å². The fourth-order valence-corrected chi connectivity index (χ4v) is 2.03. The Bertz CT molecular complexity index is 391. The van der Waals surface area contributed by atoms with E-state index in [4.69, 9.17) is 4.74 Å². The number of amides is 1. The molecule has 104 valence electrons. The molecule has 1 fully saturated rings.